The summed E-state index contributed by atoms with van der Waals surface area (Å²) in [5.41, 5.74) is 2.67. The average molecular weight is 551 g/mol. The molecule has 8 nitrogen and oxygen atoms in total. The van der Waals surface area contributed by atoms with Crippen molar-refractivity contribution >= 4 is 17.9 Å². The number of halogens is 2. The van der Waals surface area contributed by atoms with Crippen LogP contribution in [0.5, 0.6) is 11.5 Å². The number of benzene rings is 2. The van der Waals surface area contributed by atoms with E-state index in [0.29, 0.717) is 46.6 Å². The molecule has 2 aromatic carbocycles. The maximum Gasteiger partial charge on any atom is 0.278 e. The van der Waals surface area contributed by atoms with Gasteiger partial charge in [0.1, 0.15) is 23.1 Å². The molecule has 1 fully saturated rings. The Morgan fingerprint density at radius 1 is 1.15 bits per heavy atom. The Morgan fingerprint density at radius 3 is 2.69 bits per heavy atom. The number of aryl methyl sites for hydroxylation is 1. The minimum atomic E-state index is -1.27. The van der Waals surface area contributed by atoms with E-state index in [9.17, 15) is 9.18 Å². The lowest BCUT2D eigenvalue weighted by Crippen LogP contribution is -2.34. The van der Waals surface area contributed by atoms with E-state index in [1.807, 2.05) is 23.6 Å². The molecule has 202 valence electrons. The summed E-state index contributed by atoms with van der Waals surface area (Å²) in [5.74, 6) is 1.32. The maximum absolute atomic E-state index is 14.7. The van der Waals surface area contributed by atoms with Gasteiger partial charge < -0.3 is 18.5 Å². The highest BCUT2D eigenvalue weighted by molar-refractivity contribution is 6.30. The number of carbonyl (C=O) groups excluding carboxylic acids is 1. The average Bonchev–Trinajstić information content (AvgIpc) is 3.61. The first-order valence-corrected chi connectivity index (χ1v) is 13.3. The number of aromatic nitrogens is 3. The van der Waals surface area contributed by atoms with Crippen LogP contribution in [-0.4, -0.2) is 38.8 Å². The Labute approximate surface area is 230 Å². The largest absolute Gasteiger partial charge is 0.446 e. The van der Waals surface area contributed by atoms with Gasteiger partial charge in [0, 0.05) is 17.5 Å². The summed E-state index contributed by atoms with van der Waals surface area (Å²) in [6.45, 7) is 6.33. The fourth-order valence-electron chi connectivity index (χ4n) is 5.49. The quantitative estimate of drug-likeness (QED) is 0.267. The molecule has 6 rings (SSSR count). The van der Waals surface area contributed by atoms with Crippen molar-refractivity contribution in [3.63, 3.8) is 0 Å². The Bertz CT molecular complexity index is 1530. The highest BCUT2D eigenvalue weighted by Gasteiger charge is 2.43. The van der Waals surface area contributed by atoms with Crippen molar-refractivity contribution in [1.29, 1.82) is 0 Å². The molecule has 0 spiro atoms. The number of imidazole rings is 1. The van der Waals surface area contributed by atoms with Crippen LogP contribution >= 0.6 is 11.6 Å². The number of ether oxygens (including phenoxy) is 2. The molecule has 2 aliphatic rings. The van der Waals surface area contributed by atoms with Crippen molar-refractivity contribution in [3.05, 3.63) is 93.9 Å². The molecule has 2 aromatic heterocycles. The maximum atomic E-state index is 14.7. The van der Waals surface area contributed by atoms with Crippen LogP contribution in [0.1, 0.15) is 64.6 Å². The van der Waals surface area contributed by atoms with Gasteiger partial charge in [0.25, 0.3) is 5.79 Å². The van der Waals surface area contributed by atoms with Crippen molar-refractivity contribution in [3.8, 4) is 11.5 Å². The molecule has 39 heavy (non-hydrogen) atoms. The molecule has 0 aliphatic carbocycles. The second-order valence-electron chi connectivity index (χ2n) is 10.2. The van der Waals surface area contributed by atoms with Crippen LogP contribution in [0.2, 0.25) is 5.02 Å². The van der Waals surface area contributed by atoms with Gasteiger partial charge in [0.2, 0.25) is 0 Å². The van der Waals surface area contributed by atoms with E-state index < -0.39 is 11.6 Å². The molecular formula is C29H28ClFN4O4. The highest BCUT2D eigenvalue weighted by atomic mass is 35.5. The summed E-state index contributed by atoms with van der Waals surface area (Å²) in [5, 5.41) is 0.320. The Kier molecular flexibility index (Phi) is 6.64. The molecular weight excluding hydrogens is 523 g/mol. The predicted molar refractivity (Wildman–Crippen MR) is 142 cm³/mol. The molecule has 10 heteroatoms. The van der Waals surface area contributed by atoms with E-state index in [0.717, 1.165) is 49.3 Å². The molecule has 1 unspecified atom stereocenters. The van der Waals surface area contributed by atoms with Crippen molar-refractivity contribution in [2.45, 2.75) is 51.5 Å². The van der Waals surface area contributed by atoms with Gasteiger partial charge in [-0.05, 0) is 63.0 Å². The summed E-state index contributed by atoms with van der Waals surface area (Å²) in [6, 6.07) is 10.4. The zero-order valence-corrected chi connectivity index (χ0v) is 22.4. The van der Waals surface area contributed by atoms with Crippen LogP contribution in [-0.2, 0) is 18.9 Å². The van der Waals surface area contributed by atoms with Crippen molar-refractivity contribution in [2.75, 3.05) is 13.1 Å². The van der Waals surface area contributed by atoms with E-state index in [-0.39, 0.29) is 5.92 Å². The number of hydrogen-bond donors (Lipinski definition) is 0. The number of oxazole rings is 1. The second kappa shape index (κ2) is 10.1. The van der Waals surface area contributed by atoms with E-state index in [1.54, 1.807) is 25.3 Å². The molecule has 0 radical (unpaired) electrons. The van der Waals surface area contributed by atoms with E-state index in [4.69, 9.17) is 25.5 Å². The lowest BCUT2D eigenvalue weighted by atomic mass is 9.88. The third-order valence-corrected chi connectivity index (χ3v) is 7.90. The summed E-state index contributed by atoms with van der Waals surface area (Å²) < 4.78 is 34.6. The molecule has 4 aromatic rings. The third-order valence-electron chi connectivity index (χ3n) is 7.66. The molecule has 0 bridgehead atoms. The number of carbonyl (C=O) groups is 1. The second-order valence-corrected chi connectivity index (χ2v) is 10.6. The number of para-hydroxylation sites is 1. The van der Waals surface area contributed by atoms with Gasteiger partial charge >= 0.3 is 0 Å². The highest BCUT2D eigenvalue weighted by Crippen LogP contribution is 2.49. The molecule has 1 atom stereocenters. The standard InChI is InChI=1S/C29H28ClFN4O4/c1-18-26(37-17-33-18)14-35-21(16-36)13-32-27(35)15-34-10-8-19(9-11-34)22-4-3-5-25-28(22)39-29(2,38-25)23-7-6-20(30)12-24(23)31/h3-7,12-13,16-17,19H,8-11,14-15H2,1-2H3. The first-order chi connectivity index (χ1) is 18.8. The molecule has 0 N–H and O–H groups in total. The molecule has 0 saturated carbocycles. The van der Waals surface area contributed by atoms with E-state index >= 15 is 0 Å². The minimum Gasteiger partial charge on any atom is -0.446 e. The van der Waals surface area contributed by atoms with Crippen molar-refractivity contribution < 1.29 is 23.1 Å². The van der Waals surface area contributed by atoms with Crippen molar-refractivity contribution in [2.24, 2.45) is 0 Å². The van der Waals surface area contributed by atoms with Gasteiger partial charge in [0.15, 0.2) is 24.2 Å². The van der Waals surface area contributed by atoms with Crippen LogP contribution < -0.4 is 9.47 Å². The number of piperidine rings is 1. The normalized spacial score (nSPS) is 19.5. The smallest absolute Gasteiger partial charge is 0.278 e. The summed E-state index contributed by atoms with van der Waals surface area (Å²) in [4.78, 5) is 22.7. The van der Waals surface area contributed by atoms with Crippen LogP contribution in [0.4, 0.5) is 4.39 Å². The predicted octanol–water partition coefficient (Wildman–Crippen LogP) is 5.86. The Hall–Kier alpha value is -3.69. The van der Waals surface area contributed by atoms with Gasteiger partial charge in [-0.1, -0.05) is 23.7 Å². The molecule has 2 aliphatic heterocycles. The van der Waals surface area contributed by atoms with Gasteiger partial charge in [-0.3, -0.25) is 9.69 Å². The SMILES string of the molecule is Cc1ncoc1Cn1c(C=O)cnc1CN1CCC(c2cccc3c2OC(C)(c2ccc(Cl)cc2F)O3)CC1. The monoisotopic (exact) mass is 550 g/mol. The lowest BCUT2D eigenvalue weighted by Gasteiger charge is -2.32. The topological polar surface area (TPSA) is 82.6 Å². The fourth-order valence-corrected chi connectivity index (χ4v) is 5.65. The first kappa shape index (κ1) is 25.6. The van der Waals surface area contributed by atoms with Gasteiger partial charge in [-0.15, -0.1) is 0 Å². The number of nitrogens with zero attached hydrogens (tertiary/aromatic N) is 4. The van der Waals surface area contributed by atoms with Crippen molar-refractivity contribution in [1.82, 2.24) is 19.4 Å². The van der Waals surface area contributed by atoms with Gasteiger partial charge in [-0.2, -0.15) is 0 Å². The number of rotatable bonds is 7. The third kappa shape index (κ3) is 4.81. The number of hydrogen-bond acceptors (Lipinski definition) is 7. The number of aldehydes is 1. The molecule has 0 amide bonds. The van der Waals surface area contributed by atoms with Crippen LogP contribution in [0.25, 0.3) is 0 Å². The van der Waals surface area contributed by atoms with E-state index in [2.05, 4.69) is 20.9 Å². The molecule has 4 heterocycles. The van der Waals surface area contributed by atoms with Gasteiger partial charge in [-0.25, -0.2) is 14.4 Å². The lowest BCUT2D eigenvalue weighted by molar-refractivity contribution is -0.0712. The Morgan fingerprint density at radius 2 is 1.97 bits per heavy atom. The van der Waals surface area contributed by atoms with Crippen LogP contribution in [0.15, 0.2) is 53.4 Å². The summed E-state index contributed by atoms with van der Waals surface area (Å²) >= 11 is 5.95. The fraction of sp³-hybridized carbons (Fsp3) is 0.345. The number of fused-ring (bicyclic) bond motifs is 1. The summed E-state index contributed by atoms with van der Waals surface area (Å²) in [6.07, 6.45) is 5.65. The number of likely N-dealkylation sites (tertiary alicyclic amines) is 1. The van der Waals surface area contributed by atoms with Crippen LogP contribution in [0, 0.1) is 12.7 Å². The van der Waals surface area contributed by atoms with Gasteiger partial charge in [0.05, 0.1) is 30.5 Å². The minimum absolute atomic E-state index is 0.263. The summed E-state index contributed by atoms with van der Waals surface area (Å²) in [7, 11) is 0. The molecule has 1 saturated heterocycles. The zero-order chi connectivity index (χ0) is 27.1. The zero-order valence-electron chi connectivity index (χ0n) is 21.7. The first-order valence-electron chi connectivity index (χ1n) is 12.9. The van der Waals surface area contributed by atoms with E-state index in [1.165, 1.54) is 12.5 Å². The Balaban J connectivity index is 1.15. The van der Waals surface area contributed by atoms with Crippen LogP contribution in [0.3, 0.4) is 0 Å².